The monoisotopic (exact) mass is 218 g/mol. The van der Waals surface area contributed by atoms with Crippen molar-refractivity contribution < 1.29 is 10.2 Å². The Morgan fingerprint density at radius 1 is 1.38 bits per heavy atom. The van der Waals surface area contributed by atoms with Gasteiger partial charge in [0.25, 0.3) is 0 Å². The van der Waals surface area contributed by atoms with Gasteiger partial charge in [0, 0.05) is 5.56 Å². The van der Waals surface area contributed by atoms with Crippen LogP contribution in [-0.2, 0) is 5.60 Å². The highest BCUT2D eigenvalue weighted by molar-refractivity contribution is 5.62. The average molecular weight is 218 g/mol. The minimum atomic E-state index is -0.883. The van der Waals surface area contributed by atoms with E-state index in [4.69, 9.17) is 0 Å². The van der Waals surface area contributed by atoms with Crippen LogP contribution in [0, 0.1) is 0 Å². The van der Waals surface area contributed by atoms with Gasteiger partial charge in [-0.2, -0.15) is 0 Å². The van der Waals surface area contributed by atoms with E-state index in [1.165, 1.54) is 0 Å². The highest BCUT2D eigenvalue weighted by Crippen LogP contribution is 2.42. The van der Waals surface area contributed by atoms with Crippen molar-refractivity contribution in [3.8, 4) is 5.75 Å². The number of phenolic OH excluding ortho intramolecular Hbond substituents is 1. The fraction of sp³-hybridized carbons (Fsp3) is 0.429. The molecule has 0 amide bonds. The van der Waals surface area contributed by atoms with Gasteiger partial charge in [0.05, 0.1) is 5.60 Å². The molecule has 2 nitrogen and oxygen atoms in total. The molecule has 1 atom stereocenters. The fourth-order valence-electron chi connectivity index (χ4n) is 2.38. The Morgan fingerprint density at radius 2 is 2.19 bits per heavy atom. The van der Waals surface area contributed by atoms with Gasteiger partial charge in [0.1, 0.15) is 5.75 Å². The highest BCUT2D eigenvalue weighted by atomic mass is 16.3. The third-order valence-corrected chi connectivity index (χ3v) is 3.24. The lowest BCUT2D eigenvalue weighted by molar-refractivity contribution is 0.0247. The first-order valence-corrected chi connectivity index (χ1v) is 5.89. The fourth-order valence-corrected chi connectivity index (χ4v) is 2.38. The molecular weight excluding hydrogens is 200 g/mol. The van der Waals surface area contributed by atoms with E-state index in [0.717, 1.165) is 18.4 Å². The van der Waals surface area contributed by atoms with Gasteiger partial charge in [-0.05, 0) is 24.5 Å². The lowest BCUT2D eigenvalue weighted by Gasteiger charge is -2.32. The summed E-state index contributed by atoms with van der Waals surface area (Å²) in [6, 6.07) is 5.39. The normalized spacial score (nSPS) is 23.1. The van der Waals surface area contributed by atoms with Crippen molar-refractivity contribution in [2.75, 3.05) is 0 Å². The van der Waals surface area contributed by atoms with E-state index in [2.05, 4.69) is 6.92 Å². The van der Waals surface area contributed by atoms with Crippen molar-refractivity contribution in [1.82, 2.24) is 0 Å². The summed E-state index contributed by atoms with van der Waals surface area (Å²) in [6.07, 6.45) is 7.27. The zero-order valence-electron chi connectivity index (χ0n) is 9.61. The molecule has 1 aliphatic rings. The molecule has 0 fully saturated rings. The minimum absolute atomic E-state index is 0.209. The molecule has 0 saturated heterocycles. The number of hydrogen-bond acceptors (Lipinski definition) is 2. The smallest absolute Gasteiger partial charge is 0.122 e. The maximum atomic E-state index is 10.6. The molecule has 0 radical (unpaired) electrons. The molecule has 1 unspecified atom stereocenters. The Bertz CT molecular complexity index is 409. The van der Waals surface area contributed by atoms with Crippen molar-refractivity contribution in [2.24, 2.45) is 0 Å². The van der Waals surface area contributed by atoms with Crippen molar-refractivity contribution in [1.29, 1.82) is 0 Å². The van der Waals surface area contributed by atoms with Crippen LogP contribution in [0.25, 0.3) is 6.08 Å². The van der Waals surface area contributed by atoms with E-state index < -0.39 is 5.60 Å². The third kappa shape index (κ3) is 1.85. The average Bonchev–Trinajstić information content (AvgIpc) is 2.27. The molecule has 1 aliphatic carbocycles. The zero-order chi connectivity index (χ0) is 11.6. The first kappa shape index (κ1) is 11.2. The molecule has 1 aromatic carbocycles. The second-order valence-electron chi connectivity index (χ2n) is 4.48. The quantitative estimate of drug-likeness (QED) is 0.818. The van der Waals surface area contributed by atoms with Gasteiger partial charge in [-0.15, -0.1) is 0 Å². The van der Waals surface area contributed by atoms with Gasteiger partial charge in [-0.1, -0.05) is 44.1 Å². The van der Waals surface area contributed by atoms with E-state index in [9.17, 15) is 10.2 Å². The second-order valence-corrected chi connectivity index (χ2v) is 4.48. The van der Waals surface area contributed by atoms with E-state index in [0.29, 0.717) is 18.4 Å². The lowest BCUT2D eigenvalue weighted by Crippen LogP contribution is -2.27. The van der Waals surface area contributed by atoms with Gasteiger partial charge in [0.15, 0.2) is 0 Å². The van der Waals surface area contributed by atoms with Crippen molar-refractivity contribution in [3.63, 3.8) is 0 Å². The van der Waals surface area contributed by atoms with Crippen LogP contribution in [0.2, 0.25) is 0 Å². The molecule has 0 heterocycles. The van der Waals surface area contributed by atoms with Crippen LogP contribution < -0.4 is 0 Å². The molecular formula is C14H18O2. The molecule has 2 heteroatoms. The maximum absolute atomic E-state index is 10.6. The molecule has 0 bridgehead atoms. The van der Waals surface area contributed by atoms with Crippen LogP contribution in [0.15, 0.2) is 24.3 Å². The molecule has 86 valence electrons. The molecule has 0 aliphatic heterocycles. The summed E-state index contributed by atoms with van der Waals surface area (Å²) in [7, 11) is 0. The lowest BCUT2D eigenvalue weighted by atomic mass is 9.79. The predicted octanol–water partition coefficient (Wildman–Crippen LogP) is 3.19. The number of phenols is 1. The summed E-state index contributed by atoms with van der Waals surface area (Å²) in [6.45, 7) is 2.10. The first-order chi connectivity index (χ1) is 7.67. The summed E-state index contributed by atoms with van der Waals surface area (Å²) in [5.74, 6) is 0.209. The van der Waals surface area contributed by atoms with Gasteiger partial charge < -0.3 is 10.2 Å². The first-order valence-electron chi connectivity index (χ1n) is 5.89. The molecule has 0 spiro atoms. The SMILES string of the molecule is CCCCC1(O)CC=Cc2cccc(O)c21. The van der Waals surface area contributed by atoms with Crippen molar-refractivity contribution in [2.45, 2.75) is 38.2 Å². The Kier molecular flexibility index (Phi) is 3.01. The van der Waals surface area contributed by atoms with E-state index in [-0.39, 0.29) is 5.75 Å². The molecule has 0 aromatic heterocycles. The summed E-state index contributed by atoms with van der Waals surface area (Å²) < 4.78 is 0. The summed E-state index contributed by atoms with van der Waals surface area (Å²) >= 11 is 0. The predicted molar refractivity (Wildman–Crippen MR) is 65.2 cm³/mol. The van der Waals surface area contributed by atoms with Gasteiger partial charge in [-0.3, -0.25) is 0 Å². The number of aromatic hydroxyl groups is 1. The Labute approximate surface area is 96.2 Å². The molecule has 16 heavy (non-hydrogen) atoms. The summed E-state index contributed by atoms with van der Waals surface area (Å²) in [5.41, 5.74) is 0.752. The molecule has 1 aromatic rings. The Balaban J connectivity index is 2.42. The Hall–Kier alpha value is -1.28. The van der Waals surface area contributed by atoms with E-state index >= 15 is 0 Å². The summed E-state index contributed by atoms with van der Waals surface area (Å²) in [4.78, 5) is 0. The number of rotatable bonds is 3. The number of fused-ring (bicyclic) bond motifs is 1. The number of benzene rings is 1. The third-order valence-electron chi connectivity index (χ3n) is 3.24. The molecule has 0 saturated carbocycles. The van der Waals surface area contributed by atoms with Crippen LogP contribution in [0.4, 0.5) is 0 Å². The summed E-state index contributed by atoms with van der Waals surface area (Å²) in [5, 5.41) is 20.5. The van der Waals surface area contributed by atoms with E-state index in [1.807, 2.05) is 24.3 Å². The van der Waals surface area contributed by atoms with Crippen LogP contribution in [0.3, 0.4) is 0 Å². The van der Waals surface area contributed by atoms with Crippen LogP contribution in [0.1, 0.15) is 43.7 Å². The molecule has 2 N–H and O–H groups in total. The van der Waals surface area contributed by atoms with Crippen molar-refractivity contribution >= 4 is 6.08 Å². The highest BCUT2D eigenvalue weighted by Gasteiger charge is 2.33. The van der Waals surface area contributed by atoms with Crippen LogP contribution in [-0.4, -0.2) is 10.2 Å². The van der Waals surface area contributed by atoms with Crippen LogP contribution >= 0.6 is 0 Å². The second kappa shape index (κ2) is 4.30. The standard InChI is InChI=1S/C14H18O2/c1-2-3-9-14(16)10-5-7-11-6-4-8-12(15)13(11)14/h4-8,15-16H,2-3,9-10H2,1H3. The van der Waals surface area contributed by atoms with Crippen molar-refractivity contribution in [3.05, 3.63) is 35.4 Å². The number of aliphatic hydroxyl groups is 1. The number of hydrogen-bond donors (Lipinski definition) is 2. The zero-order valence-corrected chi connectivity index (χ0v) is 9.61. The largest absolute Gasteiger partial charge is 0.508 e. The van der Waals surface area contributed by atoms with Gasteiger partial charge in [0.2, 0.25) is 0 Å². The minimum Gasteiger partial charge on any atom is -0.508 e. The number of unbranched alkanes of at least 4 members (excludes halogenated alkanes) is 1. The maximum Gasteiger partial charge on any atom is 0.122 e. The molecule has 2 rings (SSSR count). The van der Waals surface area contributed by atoms with Crippen LogP contribution in [0.5, 0.6) is 5.75 Å². The van der Waals surface area contributed by atoms with Gasteiger partial charge in [-0.25, -0.2) is 0 Å². The van der Waals surface area contributed by atoms with Gasteiger partial charge >= 0.3 is 0 Å². The Morgan fingerprint density at radius 3 is 2.94 bits per heavy atom. The topological polar surface area (TPSA) is 40.5 Å². The van der Waals surface area contributed by atoms with E-state index in [1.54, 1.807) is 6.07 Å².